The molecule has 0 aromatic heterocycles. The first kappa shape index (κ1) is 20.3. The van der Waals surface area contributed by atoms with E-state index in [2.05, 4.69) is 0 Å². The minimum Gasteiger partial charge on any atom is -0.368 e. The van der Waals surface area contributed by atoms with Gasteiger partial charge < -0.3 is 44.0 Å². The van der Waals surface area contributed by atoms with Gasteiger partial charge in [-0.15, -0.1) is 0 Å². The van der Waals surface area contributed by atoms with Crippen LogP contribution in [-0.2, 0) is 39.2 Å². The Labute approximate surface area is 121 Å². The summed E-state index contributed by atoms with van der Waals surface area (Å²) in [6, 6.07) is 0. The molecule has 0 radical (unpaired) electrons. The molecule has 122 valence electrons. The minimum absolute atomic E-state index is 1.22. The topological polar surface area (TPSA) is 103 Å². The second kappa shape index (κ2) is 8.63. The molecule has 0 aliphatic heterocycles. The molecular formula is C7H22O10Si3. The molecule has 20 heavy (non-hydrogen) atoms. The van der Waals surface area contributed by atoms with Crippen molar-refractivity contribution in [2.75, 3.05) is 49.8 Å². The highest BCUT2D eigenvalue weighted by atomic mass is 28.5. The van der Waals surface area contributed by atoms with Crippen LogP contribution in [0.5, 0.6) is 0 Å². The van der Waals surface area contributed by atoms with Crippen LogP contribution in [0.25, 0.3) is 0 Å². The van der Waals surface area contributed by atoms with Crippen molar-refractivity contribution in [3.05, 3.63) is 0 Å². The first-order valence-corrected chi connectivity index (χ1v) is 10.3. The molecule has 0 aliphatic rings. The first-order chi connectivity index (χ1) is 9.34. The van der Waals surface area contributed by atoms with Crippen LogP contribution in [0.15, 0.2) is 0 Å². The molecule has 0 aliphatic carbocycles. The standard InChI is InChI=1S/C7H22O10Si3/c1-9-18(8,10-2)16-20(14-6,15-7)17-19(11-3,12-4)13-5/h8H,1-7H3. The summed E-state index contributed by atoms with van der Waals surface area (Å²) in [7, 11) is -2.39. The molecule has 0 spiro atoms. The molecular weight excluding hydrogens is 328 g/mol. The van der Waals surface area contributed by atoms with Crippen LogP contribution in [0.2, 0.25) is 0 Å². The Morgan fingerprint density at radius 2 is 0.850 bits per heavy atom. The zero-order chi connectivity index (χ0) is 15.9. The molecule has 0 amide bonds. The van der Waals surface area contributed by atoms with Gasteiger partial charge in [-0.1, -0.05) is 0 Å². The zero-order valence-corrected chi connectivity index (χ0v) is 15.6. The van der Waals surface area contributed by atoms with Gasteiger partial charge in [0, 0.05) is 49.8 Å². The Kier molecular flexibility index (Phi) is 8.74. The highest BCUT2D eigenvalue weighted by Gasteiger charge is 2.63. The van der Waals surface area contributed by atoms with Crippen molar-refractivity contribution in [1.29, 1.82) is 0 Å². The molecule has 10 nitrogen and oxygen atoms in total. The van der Waals surface area contributed by atoms with Crippen LogP contribution < -0.4 is 0 Å². The lowest BCUT2D eigenvalue weighted by molar-refractivity contribution is -0.0411. The van der Waals surface area contributed by atoms with Gasteiger partial charge in [0.25, 0.3) is 0 Å². The van der Waals surface area contributed by atoms with E-state index in [1.54, 1.807) is 0 Å². The van der Waals surface area contributed by atoms with Gasteiger partial charge in [-0.2, -0.15) is 0 Å². The van der Waals surface area contributed by atoms with Crippen molar-refractivity contribution in [3.8, 4) is 0 Å². The Hall–Kier alpha value is 0.251. The summed E-state index contributed by atoms with van der Waals surface area (Å²) in [5, 5.41) is 0. The third-order valence-corrected chi connectivity index (χ3v) is 9.83. The third kappa shape index (κ3) is 4.91. The normalized spacial score (nSPS) is 13.8. The molecule has 0 atom stereocenters. The molecule has 0 saturated heterocycles. The monoisotopic (exact) mass is 350 g/mol. The van der Waals surface area contributed by atoms with E-state index in [1.807, 2.05) is 0 Å². The molecule has 0 aromatic carbocycles. The quantitative estimate of drug-likeness (QED) is 0.459. The van der Waals surface area contributed by atoms with Crippen molar-refractivity contribution in [2.45, 2.75) is 0 Å². The first-order valence-electron chi connectivity index (χ1n) is 5.33. The molecule has 13 heteroatoms. The zero-order valence-electron chi connectivity index (χ0n) is 12.6. The van der Waals surface area contributed by atoms with Gasteiger partial charge in [0.05, 0.1) is 0 Å². The van der Waals surface area contributed by atoms with Gasteiger partial charge in [0.1, 0.15) is 0 Å². The van der Waals surface area contributed by atoms with Gasteiger partial charge >= 0.3 is 27.1 Å². The van der Waals surface area contributed by atoms with Crippen molar-refractivity contribution in [1.82, 2.24) is 0 Å². The van der Waals surface area contributed by atoms with Crippen LogP contribution in [-0.4, -0.2) is 81.7 Å². The second-order valence-electron chi connectivity index (χ2n) is 3.16. The largest absolute Gasteiger partial charge is 0.673 e. The van der Waals surface area contributed by atoms with E-state index in [-0.39, 0.29) is 0 Å². The summed E-state index contributed by atoms with van der Waals surface area (Å²) in [5.74, 6) is 0. The maximum Gasteiger partial charge on any atom is 0.673 e. The SMILES string of the molecule is CO[Si](O)(OC)O[Si](OC)(OC)O[Si](OC)(OC)OC. The maximum absolute atomic E-state index is 10.0. The Bertz CT molecular complexity index is 259. The Balaban J connectivity index is 5.29. The summed E-state index contributed by atoms with van der Waals surface area (Å²) in [6.07, 6.45) is 0. The highest BCUT2D eigenvalue weighted by Crippen LogP contribution is 2.22. The van der Waals surface area contributed by atoms with Crippen molar-refractivity contribution in [3.63, 3.8) is 0 Å². The van der Waals surface area contributed by atoms with Gasteiger partial charge in [-0.3, -0.25) is 0 Å². The van der Waals surface area contributed by atoms with E-state index in [1.165, 1.54) is 49.8 Å². The van der Waals surface area contributed by atoms with Gasteiger partial charge in [-0.05, 0) is 0 Å². The maximum atomic E-state index is 10.0. The lowest BCUT2D eigenvalue weighted by Crippen LogP contribution is -2.65. The van der Waals surface area contributed by atoms with E-state index in [0.29, 0.717) is 0 Å². The van der Waals surface area contributed by atoms with Crippen LogP contribution in [0.3, 0.4) is 0 Å². The van der Waals surface area contributed by atoms with Crippen molar-refractivity contribution >= 4 is 27.1 Å². The molecule has 0 unspecified atom stereocenters. The van der Waals surface area contributed by atoms with E-state index >= 15 is 0 Å². The van der Waals surface area contributed by atoms with E-state index in [9.17, 15) is 4.80 Å². The van der Waals surface area contributed by atoms with Gasteiger partial charge in [-0.25, -0.2) is 0 Å². The summed E-state index contributed by atoms with van der Waals surface area (Å²) < 4.78 is 46.0. The van der Waals surface area contributed by atoms with E-state index in [4.69, 9.17) is 39.2 Å². The van der Waals surface area contributed by atoms with Gasteiger partial charge in [0.15, 0.2) is 0 Å². The molecule has 0 saturated carbocycles. The lowest BCUT2D eigenvalue weighted by Gasteiger charge is -2.34. The van der Waals surface area contributed by atoms with E-state index in [0.717, 1.165) is 0 Å². The molecule has 0 fully saturated rings. The number of hydrogen-bond donors (Lipinski definition) is 1. The van der Waals surface area contributed by atoms with Crippen LogP contribution in [0.1, 0.15) is 0 Å². The van der Waals surface area contributed by atoms with Crippen LogP contribution >= 0.6 is 0 Å². The number of hydrogen-bond acceptors (Lipinski definition) is 10. The number of rotatable bonds is 11. The molecule has 1 N–H and O–H groups in total. The predicted octanol–water partition coefficient (Wildman–Crippen LogP) is -1.16. The third-order valence-electron chi connectivity index (χ3n) is 2.27. The highest BCUT2D eigenvalue weighted by molar-refractivity contribution is 6.74. The second-order valence-corrected chi connectivity index (χ2v) is 10.7. The van der Waals surface area contributed by atoms with Crippen molar-refractivity contribution in [2.24, 2.45) is 0 Å². The van der Waals surface area contributed by atoms with Gasteiger partial charge in [0.2, 0.25) is 0 Å². The molecule has 0 aromatic rings. The average Bonchev–Trinajstić information content (AvgIpc) is 2.51. The summed E-state index contributed by atoms with van der Waals surface area (Å²) >= 11 is 0. The molecule has 0 heterocycles. The Morgan fingerprint density at radius 1 is 0.500 bits per heavy atom. The summed E-state index contributed by atoms with van der Waals surface area (Å²) in [6.45, 7) is 0. The fourth-order valence-corrected chi connectivity index (χ4v) is 7.99. The van der Waals surface area contributed by atoms with E-state index < -0.39 is 27.1 Å². The predicted molar refractivity (Wildman–Crippen MR) is 70.7 cm³/mol. The smallest absolute Gasteiger partial charge is 0.368 e. The average molecular weight is 351 g/mol. The summed E-state index contributed by atoms with van der Waals surface area (Å²) in [5.41, 5.74) is 0. The fraction of sp³-hybridized carbons (Fsp3) is 1.00. The fourth-order valence-electron chi connectivity index (χ4n) is 1.12. The molecule has 0 rings (SSSR count). The Morgan fingerprint density at radius 3 is 1.10 bits per heavy atom. The summed E-state index contributed by atoms with van der Waals surface area (Å²) in [4.78, 5) is 10.0. The lowest BCUT2D eigenvalue weighted by atomic mass is 11.8. The minimum atomic E-state index is -3.97. The van der Waals surface area contributed by atoms with Crippen LogP contribution in [0.4, 0.5) is 0 Å². The van der Waals surface area contributed by atoms with Crippen LogP contribution in [0, 0.1) is 0 Å². The van der Waals surface area contributed by atoms with Crippen molar-refractivity contribution < 1.29 is 44.0 Å². The molecule has 0 bridgehead atoms.